The van der Waals surface area contributed by atoms with Crippen LogP contribution >= 0.6 is 0 Å². The molecule has 3 aromatic rings. The quantitative estimate of drug-likeness (QED) is 0.721. The molecule has 4 rings (SSSR count). The van der Waals surface area contributed by atoms with Crippen LogP contribution in [0.4, 0.5) is 0 Å². The van der Waals surface area contributed by atoms with E-state index in [1.807, 2.05) is 30.3 Å². The molecular weight excluding hydrogens is 260 g/mol. The number of aryl methyl sites for hydroxylation is 1. The lowest BCUT2D eigenvalue weighted by atomic mass is 10.0. The fourth-order valence-corrected chi connectivity index (χ4v) is 2.81. The Balaban J connectivity index is 1.81. The summed E-state index contributed by atoms with van der Waals surface area (Å²) in [4.78, 5) is 9.14. The summed E-state index contributed by atoms with van der Waals surface area (Å²) >= 11 is 0. The highest BCUT2D eigenvalue weighted by molar-refractivity contribution is 6.04. The molecule has 0 saturated heterocycles. The van der Waals surface area contributed by atoms with Crippen molar-refractivity contribution in [1.29, 1.82) is 0 Å². The lowest BCUT2D eigenvalue weighted by Crippen LogP contribution is -1.96. The Labute approximate surface area is 123 Å². The van der Waals surface area contributed by atoms with E-state index in [4.69, 9.17) is 0 Å². The predicted octanol–water partition coefficient (Wildman–Crippen LogP) is 3.22. The number of hydrogen-bond acceptors (Lipinski definition) is 3. The Morgan fingerprint density at radius 1 is 1.05 bits per heavy atom. The van der Waals surface area contributed by atoms with Gasteiger partial charge in [0.15, 0.2) is 0 Å². The third kappa shape index (κ3) is 2.23. The Morgan fingerprint density at radius 2 is 1.95 bits per heavy atom. The first kappa shape index (κ1) is 12.3. The first-order valence-corrected chi connectivity index (χ1v) is 7.22. The van der Waals surface area contributed by atoms with E-state index < -0.39 is 0 Å². The van der Waals surface area contributed by atoms with Crippen LogP contribution in [0.3, 0.4) is 0 Å². The summed E-state index contributed by atoms with van der Waals surface area (Å²) in [5, 5.41) is 5.38. The number of rotatable bonds is 2. The second-order valence-electron chi connectivity index (χ2n) is 5.47. The largest absolute Gasteiger partial charge is 0.289 e. The number of benzene rings is 1. The first-order valence-electron chi connectivity index (χ1n) is 7.22. The fourth-order valence-electron chi connectivity index (χ4n) is 2.81. The van der Waals surface area contributed by atoms with Gasteiger partial charge >= 0.3 is 0 Å². The highest BCUT2D eigenvalue weighted by Crippen LogP contribution is 2.24. The Morgan fingerprint density at radius 3 is 2.71 bits per heavy atom. The molecule has 0 unspecified atom stereocenters. The predicted molar refractivity (Wildman–Crippen MR) is 84.6 cm³/mol. The summed E-state index contributed by atoms with van der Waals surface area (Å²) < 4.78 is 1.81. The van der Waals surface area contributed by atoms with Crippen LogP contribution in [-0.2, 0) is 7.05 Å². The maximum absolute atomic E-state index is 4.58. The van der Waals surface area contributed by atoms with E-state index in [2.05, 4.69) is 39.3 Å². The van der Waals surface area contributed by atoms with Crippen molar-refractivity contribution in [3.8, 4) is 11.1 Å². The van der Waals surface area contributed by atoms with Crippen LogP contribution in [0.1, 0.15) is 18.4 Å². The van der Waals surface area contributed by atoms with Crippen LogP contribution in [-0.4, -0.2) is 27.0 Å². The van der Waals surface area contributed by atoms with Gasteiger partial charge in [-0.2, -0.15) is 5.10 Å². The molecule has 1 aliphatic rings. The summed E-state index contributed by atoms with van der Waals surface area (Å²) in [7, 11) is 1.92. The molecule has 0 amide bonds. The first-order chi connectivity index (χ1) is 10.3. The summed E-state index contributed by atoms with van der Waals surface area (Å²) in [5.41, 5.74) is 5.66. The summed E-state index contributed by atoms with van der Waals surface area (Å²) in [6.45, 7) is 0.960. The van der Waals surface area contributed by atoms with Gasteiger partial charge < -0.3 is 0 Å². The second-order valence-corrected chi connectivity index (χ2v) is 5.47. The number of aliphatic imine (C=N–C) groups is 1. The van der Waals surface area contributed by atoms with Crippen molar-refractivity contribution in [3.63, 3.8) is 0 Å². The van der Waals surface area contributed by atoms with Gasteiger partial charge in [0.05, 0.1) is 11.7 Å². The summed E-state index contributed by atoms with van der Waals surface area (Å²) in [5.74, 6) is 0. The van der Waals surface area contributed by atoms with Crippen LogP contribution in [0.2, 0.25) is 0 Å². The second kappa shape index (κ2) is 4.81. The molecule has 3 heterocycles. The number of pyridine rings is 1. The van der Waals surface area contributed by atoms with Gasteiger partial charge in [-0.3, -0.25) is 14.7 Å². The summed E-state index contributed by atoms with van der Waals surface area (Å²) in [6, 6.07) is 8.59. The third-order valence-electron chi connectivity index (χ3n) is 3.93. The van der Waals surface area contributed by atoms with Crippen LogP contribution in [0, 0.1) is 0 Å². The smallest absolute Gasteiger partial charge is 0.0702 e. The molecule has 4 nitrogen and oxygen atoms in total. The molecule has 0 bridgehead atoms. The van der Waals surface area contributed by atoms with E-state index in [0.717, 1.165) is 35.0 Å². The van der Waals surface area contributed by atoms with Gasteiger partial charge in [-0.15, -0.1) is 0 Å². The lowest BCUT2D eigenvalue weighted by Gasteiger charge is -2.05. The van der Waals surface area contributed by atoms with E-state index >= 15 is 0 Å². The average molecular weight is 276 g/mol. The minimum Gasteiger partial charge on any atom is -0.289 e. The van der Waals surface area contributed by atoms with Crippen LogP contribution in [0.25, 0.3) is 22.0 Å². The molecule has 1 aromatic carbocycles. The number of fused-ring (bicyclic) bond motifs is 1. The topological polar surface area (TPSA) is 43.1 Å². The number of nitrogens with zero attached hydrogens (tertiary/aromatic N) is 4. The molecule has 21 heavy (non-hydrogen) atoms. The molecular formula is C17H16N4. The van der Waals surface area contributed by atoms with E-state index in [-0.39, 0.29) is 0 Å². The van der Waals surface area contributed by atoms with Crippen molar-refractivity contribution in [3.05, 3.63) is 48.4 Å². The fraction of sp³-hybridized carbons (Fsp3) is 0.235. The van der Waals surface area contributed by atoms with Gasteiger partial charge in [0, 0.05) is 48.2 Å². The van der Waals surface area contributed by atoms with Crippen molar-refractivity contribution < 1.29 is 0 Å². The molecule has 104 valence electrons. The van der Waals surface area contributed by atoms with Gasteiger partial charge in [0.25, 0.3) is 0 Å². The standard InChI is InChI=1S/C17H16N4/c1-21-11-15(10-20-21)14-8-13-7-12(16-3-2-6-18-16)4-5-17(13)19-9-14/h4-5,7-11H,2-3,6H2,1H3. The van der Waals surface area contributed by atoms with E-state index in [1.165, 1.54) is 17.7 Å². The van der Waals surface area contributed by atoms with Gasteiger partial charge in [-0.25, -0.2) is 0 Å². The minimum absolute atomic E-state index is 0.960. The summed E-state index contributed by atoms with van der Waals surface area (Å²) in [6.07, 6.45) is 8.04. The van der Waals surface area contributed by atoms with Crippen molar-refractivity contribution in [1.82, 2.24) is 14.8 Å². The van der Waals surface area contributed by atoms with Crippen molar-refractivity contribution in [2.45, 2.75) is 12.8 Å². The zero-order valence-corrected chi connectivity index (χ0v) is 12.0. The zero-order valence-electron chi connectivity index (χ0n) is 12.0. The molecule has 0 spiro atoms. The highest BCUT2D eigenvalue weighted by Gasteiger charge is 2.10. The molecule has 0 N–H and O–H groups in total. The molecule has 1 aliphatic heterocycles. The number of aromatic nitrogens is 3. The maximum Gasteiger partial charge on any atom is 0.0702 e. The Kier molecular flexibility index (Phi) is 2.81. The van der Waals surface area contributed by atoms with E-state index in [9.17, 15) is 0 Å². The minimum atomic E-state index is 0.960. The van der Waals surface area contributed by atoms with Crippen LogP contribution in [0.15, 0.2) is 47.8 Å². The molecule has 0 saturated carbocycles. The van der Waals surface area contributed by atoms with Gasteiger partial charge in [-0.05, 0) is 36.6 Å². The Hall–Kier alpha value is -2.49. The van der Waals surface area contributed by atoms with Crippen LogP contribution < -0.4 is 0 Å². The average Bonchev–Trinajstić information content (AvgIpc) is 3.17. The Bertz CT molecular complexity index is 845. The number of hydrogen-bond donors (Lipinski definition) is 0. The lowest BCUT2D eigenvalue weighted by molar-refractivity contribution is 0.768. The molecule has 0 aliphatic carbocycles. The molecule has 0 fully saturated rings. The molecule has 0 atom stereocenters. The normalized spacial score (nSPS) is 14.6. The maximum atomic E-state index is 4.58. The van der Waals surface area contributed by atoms with Crippen molar-refractivity contribution in [2.75, 3.05) is 6.54 Å². The molecule has 2 aromatic heterocycles. The van der Waals surface area contributed by atoms with Gasteiger partial charge in [0.1, 0.15) is 0 Å². The third-order valence-corrected chi connectivity index (χ3v) is 3.93. The zero-order chi connectivity index (χ0) is 14.2. The van der Waals surface area contributed by atoms with Gasteiger partial charge in [-0.1, -0.05) is 6.07 Å². The monoisotopic (exact) mass is 276 g/mol. The van der Waals surface area contributed by atoms with Gasteiger partial charge in [0.2, 0.25) is 0 Å². The molecule has 4 heteroatoms. The van der Waals surface area contributed by atoms with E-state index in [1.54, 1.807) is 0 Å². The SMILES string of the molecule is Cn1cc(-c2cnc3ccc(C4=NCCC4)cc3c2)cn1. The molecule has 0 radical (unpaired) electrons. The highest BCUT2D eigenvalue weighted by atomic mass is 15.2. The van der Waals surface area contributed by atoms with E-state index in [0.29, 0.717) is 0 Å². The van der Waals surface area contributed by atoms with Crippen LogP contribution in [0.5, 0.6) is 0 Å². The van der Waals surface area contributed by atoms with Crippen molar-refractivity contribution in [2.24, 2.45) is 12.0 Å². The van der Waals surface area contributed by atoms with Crippen molar-refractivity contribution >= 4 is 16.6 Å².